The summed E-state index contributed by atoms with van der Waals surface area (Å²) in [5, 5.41) is 1.97. The quantitative estimate of drug-likeness (QED) is 0.276. The smallest absolute Gasteiger partial charge is 0.295 e. The largest absolute Gasteiger partial charge is 0.419 e. The van der Waals surface area contributed by atoms with Gasteiger partial charge in [0.05, 0.1) is 27.9 Å². The molecule has 38 heavy (non-hydrogen) atoms. The first-order valence-corrected chi connectivity index (χ1v) is 9.67. The molecule has 1 N–H and O–H groups in total. The van der Waals surface area contributed by atoms with E-state index in [4.69, 9.17) is 0 Å². The minimum Gasteiger partial charge on any atom is -0.295 e. The SMILES string of the molecule is Cc1[nH]n(-c2cc(C(F)(F)F)cc(C(F)(F)F)c2)c(=O)c1C(=O)c1cc(C(F)(F)F)c(F)c(C(F)(F)F)c1. The molecule has 2 aromatic carbocycles. The Hall–Kier alpha value is -3.79. The zero-order valence-electron chi connectivity index (χ0n) is 18.1. The van der Waals surface area contributed by atoms with Gasteiger partial charge in [0.1, 0.15) is 11.4 Å². The van der Waals surface area contributed by atoms with Gasteiger partial charge in [-0.1, -0.05) is 0 Å². The molecule has 0 saturated carbocycles. The lowest BCUT2D eigenvalue weighted by atomic mass is 9.97. The van der Waals surface area contributed by atoms with E-state index in [1.54, 1.807) is 0 Å². The van der Waals surface area contributed by atoms with E-state index in [2.05, 4.69) is 0 Å². The molecule has 0 atom stereocenters. The van der Waals surface area contributed by atoms with Crippen molar-refractivity contribution in [1.82, 2.24) is 9.78 Å². The van der Waals surface area contributed by atoms with E-state index in [0.29, 0.717) is 0 Å². The van der Waals surface area contributed by atoms with Crippen molar-refractivity contribution < 1.29 is 61.9 Å². The minimum absolute atomic E-state index is 0.0198. The van der Waals surface area contributed by atoms with Gasteiger partial charge in [0.2, 0.25) is 5.78 Å². The molecule has 0 fully saturated rings. The van der Waals surface area contributed by atoms with E-state index in [1.165, 1.54) is 0 Å². The molecule has 0 amide bonds. The summed E-state index contributed by atoms with van der Waals surface area (Å²) in [5.41, 5.74) is -14.9. The van der Waals surface area contributed by atoms with Gasteiger partial charge in [-0.3, -0.25) is 14.7 Å². The Balaban J connectivity index is 2.27. The van der Waals surface area contributed by atoms with Gasteiger partial charge in [-0.2, -0.15) is 52.7 Å². The van der Waals surface area contributed by atoms with E-state index < -0.39 is 86.6 Å². The third-order valence-corrected chi connectivity index (χ3v) is 5.07. The van der Waals surface area contributed by atoms with Gasteiger partial charge in [0, 0.05) is 11.3 Å². The van der Waals surface area contributed by atoms with Crippen molar-refractivity contribution in [3.05, 3.63) is 85.6 Å². The van der Waals surface area contributed by atoms with Gasteiger partial charge in [-0.15, -0.1) is 0 Å². The molecule has 0 bridgehead atoms. The zero-order valence-corrected chi connectivity index (χ0v) is 18.1. The maximum absolute atomic E-state index is 14.0. The minimum atomic E-state index is -5.72. The van der Waals surface area contributed by atoms with Crippen LogP contribution in [0, 0.1) is 12.7 Å². The van der Waals surface area contributed by atoms with Crippen LogP contribution in [0.2, 0.25) is 0 Å². The number of alkyl halides is 12. The number of hydrogen-bond donors (Lipinski definition) is 1. The highest BCUT2D eigenvalue weighted by molar-refractivity contribution is 6.09. The first-order valence-electron chi connectivity index (χ1n) is 9.67. The van der Waals surface area contributed by atoms with Gasteiger partial charge < -0.3 is 0 Å². The van der Waals surface area contributed by atoms with Gasteiger partial charge >= 0.3 is 24.7 Å². The molecule has 4 nitrogen and oxygen atoms in total. The molecule has 0 aliphatic rings. The van der Waals surface area contributed by atoms with Crippen molar-refractivity contribution in [1.29, 1.82) is 0 Å². The third-order valence-electron chi connectivity index (χ3n) is 5.07. The molecule has 0 saturated heterocycles. The Morgan fingerprint density at radius 1 is 0.711 bits per heavy atom. The molecule has 17 heteroatoms. The molecule has 1 heterocycles. The van der Waals surface area contributed by atoms with E-state index in [9.17, 15) is 66.7 Å². The number of benzene rings is 2. The molecule has 206 valence electrons. The number of ketones is 1. The average molecular weight is 568 g/mol. The number of hydrogen-bond acceptors (Lipinski definition) is 2. The lowest BCUT2D eigenvalue weighted by Crippen LogP contribution is -2.23. The van der Waals surface area contributed by atoms with Crippen LogP contribution in [0.15, 0.2) is 35.1 Å². The number of nitrogens with one attached hydrogen (secondary N) is 1. The number of rotatable bonds is 3. The van der Waals surface area contributed by atoms with Gasteiger partial charge in [-0.05, 0) is 37.3 Å². The van der Waals surface area contributed by atoms with E-state index in [-0.39, 0.29) is 35.0 Å². The Kier molecular flexibility index (Phi) is 6.74. The lowest BCUT2D eigenvalue weighted by Gasteiger charge is -2.15. The van der Waals surface area contributed by atoms with Gasteiger partial charge in [0.25, 0.3) is 5.56 Å². The second-order valence-corrected chi connectivity index (χ2v) is 7.73. The average Bonchev–Trinajstić information content (AvgIpc) is 3.04. The number of nitrogens with zero attached hydrogens (tertiary/aromatic N) is 1. The Morgan fingerprint density at radius 2 is 1.13 bits per heavy atom. The number of aryl methyl sites for hydroxylation is 1. The first-order chi connectivity index (χ1) is 17.0. The summed E-state index contributed by atoms with van der Waals surface area (Å²) in [7, 11) is 0. The highest BCUT2D eigenvalue weighted by Crippen LogP contribution is 2.40. The first kappa shape index (κ1) is 28.8. The fourth-order valence-electron chi connectivity index (χ4n) is 3.38. The lowest BCUT2D eigenvalue weighted by molar-refractivity contribution is -0.148. The molecular formula is C21H9F13N2O2. The highest BCUT2D eigenvalue weighted by atomic mass is 19.4. The van der Waals surface area contributed by atoms with Crippen molar-refractivity contribution in [3.63, 3.8) is 0 Å². The summed E-state index contributed by atoms with van der Waals surface area (Å²) in [6, 6.07) is -0.721. The Morgan fingerprint density at radius 3 is 1.50 bits per heavy atom. The number of aromatic nitrogens is 2. The van der Waals surface area contributed by atoms with Crippen molar-refractivity contribution in [2.24, 2.45) is 0 Å². The normalized spacial score (nSPS) is 13.2. The van der Waals surface area contributed by atoms with Crippen LogP contribution in [-0.2, 0) is 24.7 Å². The molecule has 0 spiro atoms. The maximum atomic E-state index is 14.0. The Bertz CT molecular complexity index is 1400. The number of aromatic amines is 1. The van der Waals surface area contributed by atoms with Gasteiger partial charge in [0.15, 0.2) is 0 Å². The molecule has 0 unspecified atom stereocenters. The van der Waals surface area contributed by atoms with Crippen molar-refractivity contribution in [2.75, 3.05) is 0 Å². The summed E-state index contributed by atoms with van der Waals surface area (Å²) in [4.78, 5) is 25.6. The molecule has 0 radical (unpaired) electrons. The molecule has 3 rings (SSSR count). The van der Waals surface area contributed by atoms with E-state index in [1.807, 2.05) is 5.10 Å². The van der Waals surface area contributed by atoms with Crippen LogP contribution >= 0.6 is 0 Å². The maximum Gasteiger partial charge on any atom is 0.419 e. The zero-order chi connectivity index (χ0) is 29.2. The summed E-state index contributed by atoms with van der Waals surface area (Å²) < 4.78 is 172. The van der Waals surface area contributed by atoms with Crippen molar-refractivity contribution in [3.8, 4) is 5.69 Å². The summed E-state index contributed by atoms with van der Waals surface area (Å²) >= 11 is 0. The standard InChI is InChI=1S/C21H9F13N2O2/c1-7-14(16(37)8-2-12(20(29,30)31)15(22)13(3-8)21(32,33)34)17(38)36(35-7)11-5-9(18(23,24)25)4-10(6-11)19(26,27)28/h2-6,35H,1H3. The summed E-state index contributed by atoms with van der Waals surface area (Å²) in [6.07, 6.45) is -22.1. The van der Waals surface area contributed by atoms with E-state index >= 15 is 0 Å². The number of carbonyl (C=O) groups excluding carboxylic acids is 1. The summed E-state index contributed by atoms with van der Waals surface area (Å²) in [6.45, 7) is 0.849. The number of carbonyl (C=O) groups is 1. The Labute approximate surface area is 201 Å². The fourth-order valence-corrected chi connectivity index (χ4v) is 3.38. The monoisotopic (exact) mass is 568 g/mol. The van der Waals surface area contributed by atoms with Crippen molar-refractivity contribution in [2.45, 2.75) is 31.6 Å². The molecule has 0 aliphatic carbocycles. The molecule has 1 aromatic heterocycles. The van der Waals surface area contributed by atoms with Crippen LogP contribution in [-0.4, -0.2) is 15.6 Å². The highest BCUT2D eigenvalue weighted by Gasteiger charge is 2.43. The van der Waals surface area contributed by atoms with Crippen LogP contribution in [0.25, 0.3) is 5.69 Å². The van der Waals surface area contributed by atoms with Crippen LogP contribution in [0.4, 0.5) is 57.1 Å². The second kappa shape index (κ2) is 8.90. The fraction of sp³-hybridized carbons (Fsp3) is 0.238. The molecule has 0 aliphatic heterocycles. The van der Waals surface area contributed by atoms with E-state index in [0.717, 1.165) is 6.92 Å². The van der Waals surface area contributed by atoms with Crippen LogP contribution in [0.3, 0.4) is 0 Å². The predicted molar refractivity (Wildman–Crippen MR) is 101 cm³/mol. The second-order valence-electron chi connectivity index (χ2n) is 7.73. The van der Waals surface area contributed by atoms with Crippen LogP contribution < -0.4 is 5.56 Å². The topological polar surface area (TPSA) is 54.9 Å². The van der Waals surface area contributed by atoms with Crippen molar-refractivity contribution >= 4 is 5.78 Å². The predicted octanol–water partition coefficient (Wildman–Crippen LogP) is 6.92. The molecule has 3 aromatic rings. The van der Waals surface area contributed by atoms with Crippen LogP contribution in [0.1, 0.15) is 43.9 Å². The van der Waals surface area contributed by atoms with Crippen LogP contribution in [0.5, 0.6) is 0 Å². The summed E-state index contributed by atoms with van der Waals surface area (Å²) in [5.74, 6) is -4.60. The number of halogens is 13. The van der Waals surface area contributed by atoms with Gasteiger partial charge in [-0.25, -0.2) is 9.07 Å². The number of H-pyrrole nitrogens is 1. The molecular weight excluding hydrogens is 559 g/mol. The third kappa shape index (κ3) is 5.40.